The molecule has 0 radical (unpaired) electrons. The maximum Gasteiger partial charge on any atom is 0.327 e. The molecule has 230 valence electrons. The molecule has 2 aromatic carbocycles. The van der Waals surface area contributed by atoms with E-state index in [0.717, 1.165) is 11.1 Å². The first kappa shape index (κ1) is 32.2. The van der Waals surface area contributed by atoms with Crippen molar-refractivity contribution < 1.29 is 25.4 Å². The Morgan fingerprint density at radius 1 is 0.568 bits per heavy atom. The Hall–Kier alpha value is -4.68. The van der Waals surface area contributed by atoms with Gasteiger partial charge < -0.3 is 0 Å². The SMILES string of the molecule is Cc1cc(/C=C/c2ccccc2)n(OS(=O)(=O)CCCCS(=O)(=O)On2c(/C=C/c3ccccc3)cc(C)cc2=O)c(=O)c1. The van der Waals surface area contributed by atoms with Gasteiger partial charge in [0.1, 0.15) is 0 Å². The van der Waals surface area contributed by atoms with Crippen LogP contribution in [0.15, 0.2) is 94.5 Å². The van der Waals surface area contributed by atoms with Gasteiger partial charge in [-0.05, 0) is 73.2 Å². The van der Waals surface area contributed by atoms with Gasteiger partial charge in [-0.15, -0.1) is 9.46 Å². The molecule has 0 amide bonds. The van der Waals surface area contributed by atoms with Gasteiger partial charge in [0.2, 0.25) is 0 Å². The van der Waals surface area contributed by atoms with Gasteiger partial charge in [0, 0.05) is 12.1 Å². The van der Waals surface area contributed by atoms with Crippen LogP contribution in [0.1, 0.15) is 46.5 Å². The van der Waals surface area contributed by atoms with Crippen LogP contribution in [0.3, 0.4) is 0 Å². The van der Waals surface area contributed by atoms with Gasteiger partial charge >= 0.3 is 20.2 Å². The Balaban J connectivity index is 1.40. The summed E-state index contributed by atoms with van der Waals surface area (Å²) in [4.78, 5) is 25.2. The first-order valence-corrected chi connectivity index (χ1v) is 16.9. The predicted octanol–water partition coefficient (Wildman–Crippen LogP) is 3.96. The van der Waals surface area contributed by atoms with Crippen LogP contribution >= 0.6 is 0 Å². The van der Waals surface area contributed by atoms with E-state index in [-0.39, 0.29) is 24.2 Å². The summed E-state index contributed by atoms with van der Waals surface area (Å²) in [6.45, 7) is 3.41. The Labute approximate surface area is 256 Å². The summed E-state index contributed by atoms with van der Waals surface area (Å²) >= 11 is 0. The van der Waals surface area contributed by atoms with Gasteiger partial charge in [-0.3, -0.25) is 18.2 Å². The molecule has 4 aromatic rings. The summed E-state index contributed by atoms with van der Waals surface area (Å²) in [6.07, 6.45) is 6.36. The Bertz CT molecular complexity index is 1850. The third-order valence-corrected chi connectivity index (χ3v) is 8.56. The molecule has 0 N–H and O–H groups in total. The lowest BCUT2D eigenvalue weighted by Crippen LogP contribution is -2.34. The molecule has 0 saturated heterocycles. The predicted molar refractivity (Wildman–Crippen MR) is 172 cm³/mol. The second kappa shape index (κ2) is 14.2. The molecule has 0 saturated carbocycles. The summed E-state index contributed by atoms with van der Waals surface area (Å²) in [5.74, 6) is -1.11. The van der Waals surface area contributed by atoms with E-state index in [4.69, 9.17) is 8.57 Å². The van der Waals surface area contributed by atoms with Crippen LogP contribution in [0.25, 0.3) is 24.3 Å². The molecule has 44 heavy (non-hydrogen) atoms. The highest BCUT2D eigenvalue weighted by Gasteiger charge is 2.20. The van der Waals surface area contributed by atoms with Gasteiger partial charge in [-0.1, -0.05) is 72.8 Å². The zero-order valence-electron chi connectivity index (χ0n) is 24.2. The van der Waals surface area contributed by atoms with Crippen molar-refractivity contribution in [1.82, 2.24) is 9.46 Å². The molecule has 0 aliphatic heterocycles. The fourth-order valence-corrected chi connectivity index (χ4v) is 6.21. The van der Waals surface area contributed by atoms with Crippen molar-refractivity contribution in [2.24, 2.45) is 0 Å². The van der Waals surface area contributed by atoms with Crippen LogP contribution in [-0.2, 0) is 20.2 Å². The minimum atomic E-state index is -4.27. The average Bonchev–Trinajstić information content (AvgIpc) is 2.97. The Kier molecular flexibility index (Phi) is 10.4. The van der Waals surface area contributed by atoms with Gasteiger partial charge in [-0.2, -0.15) is 16.8 Å². The molecular formula is C32H32N2O8S2. The summed E-state index contributed by atoms with van der Waals surface area (Å²) in [5.41, 5.74) is 2.03. The molecule has 2 aromatic heterocycles. The molecule has 10 nitrogen and oxygen atoms in total. The van der Waals surface area contributed by atoms with E-state index in [0.29, 0.717) is 20.6 Å². The number of aryl methyl sites for hydroxylation is 2. The number of aromatic nitrogens is 2. The van der Waals surface area contributed by atoms with Crippen LogP contribution in [0.4, 0.5) is 0 Å². The van der Waals surface area contributed by atoms with Gasteiger partial charge in [0.25, 0.3) is 11.1 Å². The first-order chi connectivity index (χ1) is 20.9. The number of nitrogens with zero attached hydrogens (tertiary/aromatic N) is 2. The fraction of sp³-hybridized carbons (Fsp3) is 0.188. The number of pyridine rings is 2. The van der Waals surface area contributed by atoms with Crippen molar-refractivity contribution in [3.63, 3.8) is 0 Å². The van der Waals surface area contributed by atoms with E-state index in [1.165, 1.54) is 12.1 Å². The van der Waals surface area contributed by atoms with E-state index < -0.39 is 42.9 Å². The molecule has 0 spiro atoms. The van der Waals surface area contributed by atoms with Crippen LogP contribution in [0.2, 0.25) is 0 Å². The fourth-order valence-electron chi connectivity index (χ4n) is 4.17. The maximum absolute atomic E-state index is 12.7. The number of hydrogen-bond acceptors (Lipinski definition) is 8. The van der Waals surface area contributed by atoms with Crippen LogP contribution in [0.5, 0.6) is 0 Å². The van der Waals surface area contributed by atoms with Gasteiger partial charge in [0.05, 0.1) is 22.9 Å². The molecule has 12 heteroatoms. The summed E-state index contributed by atoms with van der Waals surface area (Å²) < 4.78 is 62.6. The average molecular weight is 637 g/mol. The minimum absolute atomic E-state index is 0.107. The van der Waals surface area contributed by atoms with Crippen LogP contribution < -0.4 is 19.7 Å². The number of unbranched alkanes of at least 4 members (excludes halogenated alkanes) is 1. The molecule has 0 unspecified atom stereocenters. The van der Waals surface area contributed by atoms with Crippen LogP contribution in [-0.4, -0.2) is 37.8 Å². The lowest BCUT2D eigenvalue weighted by molar-refractivity contribution is 0.262. The zero-order chi connectivity index (χ0) is 31.7. The summed E-state index contributed by atoms with van der Waals surface area (Å²) in [5, 5.41) is 0. The molecule has 0 aliphatic rings. The van der Waals surface area contributed by atoms with Crippen molar-refractivity contribution >= 4 is 44.5 Å². The molecule has 0 fully saturated rings. The van der Waals surface area contributed by atoms with Crippen molar-refractivity contribution in [2.75, 3.05) is 11.5 Å². The van der Waals surface area contributed by atoms with Crippen molar-refractivity contribution in [1.29, 1.82) is 0 Å². The number of rotatable bonds is 13. The van der Waals surface area contributed by atoms with Gasteiger partial charge in [0.15, 0.2) is 0 Å². The van der Waals surface area contributed by atoms with E-state index in [1.54, 1.807) is 50.3 Å². The highest BCUT2D eigenvalue weighted by atomic mass is 32.2. The van der Waals surface area contributed by atoms with Gasteiger partial charge in [-0.25, -0.2) is 0 Å². The Morgan fingerprint density at radius 2 is 0.932 bits per heavy atom. The normalized spacial score (nSPS) is 12.1. The molecule has 2 heterocycles. The first-order valence-electron chi connectivity index (χ1n) is 13.7. The summed E-state index contributed by atoms with van der Waals surface area (Å²) in [6, 6.07) is 24.2. The highest BCUT2D eigenvalue weighted by Crippen LogP contribution is 2.11. The van der Waals surface area contributed by atoms with E-state index >= 15 is 0 Å². The van der Waals surface area contributed by atoms with Crippen molar-refractivity contribution in [2.45, 2.75) is 26.7 Å². The molecule has 0 atom stereocenters. The lowest BCUT2D eigenvalue weighted by Gasteiger charge is -2.13. The maximum atomic E-state index is 12.7. The highest BCUT2D eigenvalue weighted by molar-refractivity contribution is 7.87. The second-order valence-electron chi connectivity index (χ2n) is 10.0. The largest absolute Gasteiger partial charge is 0.327 e. The topological polar surface area (TPSA) is 131 Å². The Morgan fingerprint density at radius 3 is 1.30 bits per heavy atom. The molecular weight excluding hydrogens is 604 g/mol. The minimum Gasteiger partial charge on any atom is -0.284 e. The second-order valence-corrected chi connectivity index (χ2v) is 13.4. The number of benzene rings is 2. The molecule has 0 aliphatic carbocycles. The van der Waals surface area contributed by atoms with Crippen molar-refractivity contribution in [3.8, 4) is 0 Å². The van der Waals surface area contributed by atoms with Crippen LogP contribution in [0, 0.1) is 13.8 Å². The standard InChI is InChI=1S/C32H32N2O8S2/c1-25-21-29(17-15-27-11-5-3-6-12-27)33(31(35)23-25)41-43(37,38)19-9-10-20-44(39,40)42-34-30(22-26(2)24-32(34)36)18-16-28-13-7-4-8-14-28/h3-8,11-18,21-24H,9-10,19-20H2,1-2H3/b17-15+,18-16+. The summed E-state index contributed by atoms with van der Waals surface area (Å²) in [7, 11) is -8.55. The van der Waals surface area contributed by atoms with Crippen molar-refractivity contribution in [3.05, 3.63) is 139 Å². The number of hydrogen-bond donors (Lipinski definition) is 0. The smallest absolute Gasteiger partial charge is 0.284 e. The zero-order valence-corrected chi connectivity index (χ0v) is 25.8. The quantitative estimate of drug-likeness (QED) is 0.202. The molecule has 0 bridgehead atoms. The monoisotopic (exact) mass is 636 g/mol. The lowest BCUT2D eigenvalue weighted by atomic mass is 10.2. The van der Waals surface area contributed by atoms with E-state index in [9.17, 15) is 26.4 Å². The third-order valence-electron chi connectivity index (χ3n) is 6.23. The molecule has 4 rings (SSSR count). The third kappa shape index (κ3) is 9.41. The van der Waals surface area contributed by atoms with E-state index in [2.05, 4.69) is 0 Å². The van der Waals surface area contributed by atoms with E-state index in [1.807, 2.05) is 60.7 Å².